The average molecular weight is 379 g/mol. The minimum Gasteiger partial charge on any atom is -0.497 e. The third kappa shape index (κ3) is 3.79. The van der Waals surface area contributed by atoms with Gasteiger partial charge in [0.1, 0.15) is 5.75 Å². The zero-order chi connectivity index (χ0) is 19.5. The quantitative estimate of drug-likeness (QED) is 0.745. The van der Waals surface area contributed by atoms with Gasteiger partial charge in [0, 0.05) is 38.8 Å². The average Bonchev–Trinajstić information content (AvgIpc) is 3.03. The van der Waals surface area contributed by atoms with E-state index in [1.807, 2.05) is 6.07 Å². The molecular formula is C22H25N3O3. The number of amides is 2. The van der Waals surface area contributed by atoms with Crippen LogP contribution in [0.15, 0.2) is 54.6 Å². The van der Waals surface area contributed by atoms with Gasteiger partial charge >= 0.3 is 0 Å². The molecule has 146 valence electrons. The molecule has 0 radical (unpaired) electrons. The summed E-state index contributed by atoms with van der Waals surface area (Å²) < 4.78 is 5.22. The number of imide groups is 1. The lowest BCUT2D eigenvalue weighted by Gasteiger charge is -2.37. The first kappa shape index (κ1) is 18.7. The van der Waals surface area contributed by atoms with Crippen LogP contribution in [0.4, 0.5) is 5.69 Å². The normalized spacial score (nSPS) is 21.3. The Labute approximate surface area is 165 Å². The maximum absolute atomic E-state index is 13.0. The van der Waals surface area contributed by atoms with E-state index in [4.69, 9.17) is 4.74 Å². The number of rotatable bonds is 5. The van der Waals surface area contributed by atoms with Crippen molar-refractivity contribution in [3.8, 4) is 5.75 Å². The van der Waals surface area contributed by atoms with Gasteiger partial charge in [-0.25, -0.2) is 4.90 Å². The fourth-order valence-electron chi connectivity index (χ4n) is 4.00. The van der Waals surface area contributed by atoms with Crippen molar-refractivity contribution in [1.82, 2.24) is 9.80 Å². The molecule has 0 aliphatic carbocycles. The number of anilines is 1. The summed E-state index contributed by atoms with van der Waals surface area (Å²) in [5, 5.41) is 0. The van der Waals surface area contributed by atoms with Crippen LogP contribution in [-0.2, 0) is 16.1 Å². The first-order chi connectivity index (χ1) is 13.7. The molecule has 0 spiro atoms. The molecule has 2 aliphatic heterocycles. The van der Waals surface area contributed by atoms with Gasteiger partial charge in [0.25, 0.3) is 5.91 Å². The summed E-state index contributed by atoms with van der Waals surface area (Å²) in [4.78, 5) is 31.4. The Morgan fingerprint density at radius 2 is 1.71 bits per heavy atom. The minimum atomic E-state index is -0.363. The van der Waals surface area contributed by atoms with Crippen molar-refractivity contribution >= 4 is 17.5 Å². The van der Waals surface area contributed by atoms with Crippen LogP contribution in [0.2, 0.25) is 0 Å². The molecule has 28 heavy (non-hydrogen) atoms. The number of hydrogen-bond acceptors (Lipinski definition) is 5. The lowest BCUT2D eigenvalue weighted by Crippen LogP contribution is -2.52. The SMILES string of the molecule is COc1cccc(N2C(=O)CC(N3CCN(Cc4ccccc4)CC3)C2=O)c1. The molecule has 0 bridgehead atoms. The molecule has 1 unspecified atom stereocenters. The molecule has 2 fully saturated rings. The van der Waals surface area contributed by atoms with Gasteiger partial charge < -0.3 is 4.74 Å². The maximum Gasteiger partial charge on any atom is 0.251 e. The summed E-state index contributed by atoms with van der Waals surface area (Å²) in [5.41, 5.74) is 1.88. The summed E-state index contributed by atoms with van der Waals surface area (Å²) in [5.74, 6) is 0.362. The van der Waals surface area contributed by atoms with Crippen molar-refractivity contribution in [3.63, 3.8) is 0 Å². The summed E-state index contributed by atoms with van der Waals surface area (Å²) >= 11 is 0. The van der Waals surface area contributed by atoms with E-state index >= 15 is 0 Å². The van der Waals surface area contributed by atoms with Crippen LogP contribution in [0.1, 0.15) is 12.0 Å². The van der Waals surface area contributed by atoms with Crippen molar-refractivity contribution in [2.45, 2.75) is 19.0 Å². The fourth-order valence-corrected chi connectivity index (χ4v) is 4.00. The number of methoxy groups -OCH3 is 1. The highest BCUT2D eigenvalue weighted by Crippen LogP contribution is 2.28. The number of ether oxygens (including phenoxy) is 1. The van der Waals surface area contributed by atoms with Crippen molar-refractivity contribution in [1.29, 1.82) is 0 Å². The topological polar surface area (TPSA) is 53.1 Å². The Kier molecular flexibility index (Phi) is 5.41. The number of carbonyl (C=O) groups excluding carboxylic acids is 2. The van der Waals surface area contributed by atoms with Crippen LogP contribution in [-0.4, -0.2) is 60.9 Å². The first-order valence-electron chi connectivity index (χ1n) is 9.67. The van der Waals surface area contributed by atoms with Crippen LogP contribution in [0.3, 0.4) is 0 Å². The monoisotopic (exact) mass is 379 g/mol. The van der Waals surface area contributed by atoms with Crippen LogP contribution < -0.4 is 9.64 Å². The summed E-state index contributed by atoms with van der Waals surface area (Å²) in [6, 6.07) is 17.2. The molecule has 2 aromatic carbocycles. The van der Waals surface area contributed by atoms with Gasteiger partial charge in [-0.1, -0.05) is 36.4 Å². The molecule has 0 saturated carbocycles. The highest BCUT2D eigenvalue weighted by Gasteiger charge is 2.43. The molecule has 1 atom stereocenters. The van der Waals surface area contributed by atoms with E-state index in [1.165, 1.54) is 10.5 Å². The minimum absolute atomic E-state index is 0.130. The Morgan fingerprint density at radius 1 is 0.964 bits per heavy atom. The Bertz CT molecular complexity index is 847. The van der Waals surface area contributed by atoms with E-state index in [0.717, 1.165) is 32.7 Å². The predicted molar refractivity (Wildman–Crippen MR) is 107 cm³/mol. The number of nitrogens with zero attached hydrogens (tertiary/aromatic N) is 3. The molecular weight excluding hydrogens is 354 g/mol. The smallest absolute Gasteiger partial charge is 0.251 e. The van der Waals surface area contributed by atoms with Gasteiger partial charge in [-0.3, -0.25) is 19.4 Å². The molecule has 0 N–H and O–H groups in total. The highest BCUT2D eigenvalue weighted by molar-refractivity contribution is 6.22. The predicted octanol–water partition coefficient (Wildman–Crippen LogP) is 2.14. The van der Waals surface area contributed by atoms with Crippen molar-refractivity contribution in [2.24, 2.45) is 0 Å². The van der Waals surface area contributed by atoms with Gasteiger partial charge in [-0.05, 0) is 17.7 Å². The second-order valence-electron chi connectivity index (χ2n) is 7.29. The summed E-state index contributed by atoms with van der Waals surface area (Å²) in [6.45, 7) is 4.30. The zero-order valence-corrected chi connectivity index (χ0v) is 16.1. The van der Waals surface area contributed by atoms with Crippen LogP contribution >= 0.6 is 0 Å². The van der Waals surface area contributed by atoms with Gasteiger partial charge in [0.05, 0.1) is 25.3 Å². The van der Waals surface area contributed by atoms with Crippen molar-refractivity contribution < 1.29 is 14.3 Å². The first-order valence-corrected chi connectivity index (χ1v) is 9.67. The van der Waals surface area contributed by atoms with Gasteiger partial charge in [0.15, 0.2) is 0 Å². The summed E-state index contributed by atoms with van der Waals surface area (Å²) in [6.07, 6.45) is 0.245. The third-order valence-corrected chi connectivity index (χ3v) is 5.53. The molecule has 2 saturated heterocycles. The van der Waals surface area contributed by atoms with Crippen molar-refractivity contribution in [2.75, 3.05) is 38.2 Å². The highest BCUT2D eigenvalue weighted by atomic mass is 16.5. The lowest BCUT2D eigenvalue weighted by molar-refractivity contribution is -0.123. The second-order valence-corrected chi connectivity index (χ2v) is 7.29. The Morgan fingerprint density at radius 3 is 2.43 bits per heavy atom. The van der Waals surface area contributed by atoms with Crippen LogP contribution in [0, 0.1) is 0 Å². The standard InChI is InChI=1S/C22H25N3O3/c1-28-19-9-5-8-18(14-19)25-21(26)15-20(22(25)27)24-12-10-23(11-13-24)16-17-6-3-2-4-7-17/h2-9,14,20H,10-13,15-16H2,1H3. The lowest BCUT2D eigenvalue weighted by atomic mass is 10.1. The zero-order valence-electron chi connectivity index (χ0n) is 16.1. The molecule has 2 amide bonds. The van der Waals surface area contributed by atoms with E-state index in [2.05, 4.69) is 34.1 Å². The third-order valence-electron chi connectivity index (χ3n) is 5.53. The van der Waals surface area contributed by atoms with Gasteiger partial charge in [-0.2, -0.15) is 0 Å². The molecule has 2 heterocycles. The van der Waals surface area contributed by atoms with Crippen molar-refractivity contribution in [3.05, 3.63) is 60.2 Å². The molecule has 2 aromatic rings. The number of hydrogen-bond donors (Lipinski definition) is 0. The summed E-state index contributed by atoms with van der Waals surface area (Å²) in [7, 11) is 1.57. The number of piperazine rings is 1. The molecule has 6 heteroatoms. The number of carbonyl (C=O) groups is 2. The van der Waals surface area contributed by atoms with E-state index in [9.17, 15) is 9.59 Å². The second kappa shape index (κ2) is 8.12. The van der Waals surface area contributed by atoms with Gasteiger partial charge in [0.2, 0.25) is 5.91 Å². The largest absolute Gasteiger partial charge is 0.497 e. The number of benzene rings is 2. The van der Waals surface area contributed by atoms with E-state index in [-0.39, 0.29) is 24.3 Å². The van der Waals surface area contributed by atoms with Gasteiger partial charge in [-0.15, -0.1) is 0 Å². The molecule has 0 aromatic heterocycles. The Balaban J connectivity index is 1.39. The van der Waals surface area contributed by atoms with E-state index < -0.39 is 0 Å². The maximum atomic E-state index is 13.0. The van der Waals surface area contributed by atoms with E-state index in [0.29, 0.717) is 11.4 Å². The van der Waals surface area contributed by atoms with Crippen LogP contribution in [0.25, 0.3) is 0 Å². The fraction of sp³-hybridized carbons (Fsp3) is 0.364. The molecule has 6 nitrogen and oxygen atoms in total. The molecule has 4 rings (SSSR count). The Hall–Kier alpha value is -2.70. The van der Waals surface area contributed by atoms with E-state index in [1.54, 1.807) is 31.4 Å². The molecule has 2 aliphatic rings. The van der Waals surface area contributed by atoms with Crippen LogP contribution in [0.5, 0.6) is 5.75 Å².